The number of benzene rings is 1. The number of aromatic nitrogens is 2. The van der Waals surface area contributed by atoms with Crippen molar-refractivity contribution in [1.82, 2.24) is 10.2 Å². The van der Waals surface area contributed by atoms with Crippen LogP contribution in [-0.4, -0.2) is 17.3 Å². The van der Waals surface area contributed by atoms with E-state index >= 15 is 0 Å². The van der Waals surface area contributed by atoms with E-state index in [1.54, 1.807) is 19.4 Å². The molecule has 0 aliphatic heterocycles. The highest BCUT2D eigenvalue weighted by Crippen LogP contribution is 2.26. The molecule has 1 aromatic heterocycles. The molecule has 13 heavy (non-hydrogen) atoms. The lowest BCUT2D eigenvalue weighted by Gasteiger charge is -2.04. The van der Waals surface area contributed by atoms with Gasteiger partial charge in [0.25, 0.3) is 0 Å². The molecule has 0 bridgehead atoms. The van der Waals surface area contributed by atoms with E-state index in [2.05, 4.69) is 16.3 Å². The quantitative estimate of drug-likeness (QED) is 0.753. The fourth-order valence-electron chi connectivity index (χ4n) is 1.21. The van der Waals surface area contributed by atoms with Crippen molar-refractivity contribution in [3.05, 3.63) is 36.5 Å². The van der Waals surface area contributed by atoms with Gasteiger partial charge in [0.1, 0.15) is 5.75 Å². The molecule has 2 rings (SSSR count). The summed E-state index contributed by atoms with van der Waals surface area (Å²) >= 11 is 0. The monoisotopic (exact) mass is 173 g/mol. The molecule has 0 saturated carbocycles. The molecule has 0 amide bonds. The summed E-state index contributed by atoms with van der Waals surface area (Å²) in [5.74, 6) is 0.798. The van der Waals surface area contributed by atoms with Crippen LogP contribution in [0.15, 0.2) is 30.5 Å². The maximum absolute atomic E-state index is 5.19. The van der Waals surface area contributed by atoms with Gasteiger partial charge in [-0.1, -0.05) is 6.07 Å². The zero-order valence-electron chi connectivity index (χ0n) is 7.24. The van der Waals surface area contributed by atoms with Gasteiger partial charge in [-0.15, -0.1) is 0 Å². The second-order valence-corrected chi connectivity index (χ2v) is 2.60. The van der Waals surface area contributed by atoms with E-state index in [1.807, 2.05) is 18.2 Å². The van der Waals surface area contributed by atoms with Crippen LogP contribution in [0.2, 0.25) is 0 Å². The molecule has 1 radical (unpaired) electrons. The lowest BCUT2D eigenvalue weighted by molar-refractivity contribution is 0.416. The average Bonchev–Trinajstić information content (AvgIpc) is 2.70. The summed E-state index contributed by atoms with van der Waals surface area (Å²) in [4.78, 5) is 0. The molecule has 0 unspecified atom stereocenters. The molecule has 3 heteroatoms. The van der Waals surface area contributed by atoms with E-state index in [4.69, 9.17) is 4.74 Å². The van der Waals surface area contributed by atoms with E-state index in [-0.39, 0.29) is 0 Å². The summed E-state index contributed by atoms with van der Waals surface area (Å²) in [6.45, 7) is 0. The molecule has 0 saturated heterocycles. The smallest absolute Gasteiger partial charge is 0.128 e. The third kappa shape index (κ3) is 1.40. The van der Waals surface area contributed by atoms with Gasteiger partial charge >= 0.3 is 0 Å². The van der Waals surface area contributed by atoms with Crippen molar-refractivity contribution in [2.45, 2.75) is 0 Å². The minimum Gasteiger partial charge on any atom is -0.496 e. The number of ether oxygens (including phenoxy) is 1. The first-order valence-corrected chi connectivity index (χ1v) is 3.95. The highest BCUT2D eigenvalue weighted by Gasteiger charge is 2.04. The van der Waals surface area contributed by atoms with Crippen LogP contribution in [-0.2, 0) is 0 Å². The fraction of sp³-hybridized carbons (Fsp3) is 0.100. The molecule has 0 fully saturated rings. The Hall–Kier alpha value is -1.77. The van der Waals surface area contributed by atoms with E-state index in [9.17, 15) is 0 Å². The molecule has 3 nitrogen and oxygen atoms in total. The Bertz CT molecular complexity index is 382. The van der Waals surface area contributed by atoms with Crippen molar-refractivity contribution in [3.63, 3.8) is 0 Å². The molecule has 0 spiro atoms. The zero-order chi connectivity index (χ0) is 9.10. The molecular weight excluding hydrogens is 164 g/mol. The third-order valence-corrected chi connectivity index (χ3v) is 1.84. The Morgan fingerprint density at radius 1 is 1.46 bits per heavy atom. The standard InChI is InChI=1S/C10H9N2O/c1-13-10-5-3-2-4-8(10)9-6-7-11-12-9/h2,4-7H,1H3,(H,11,12). The van der Waals surface area contributed by atoms with Gasteiger partial charge in [0.05, 0.1) is 12.8 Å². The van der Waals surface area contributed by atoms with Gasteiger partial charge in [0, 0.05) is 11.8 Å². The van der Waals surface area contributed by atoms with Crippen LogP contribution in [0.3, 0.4) is 0 Å². The number of nitrogens with one attached hydrogen (secondary N) is 1. The first-order valence-electron chi connectivity index (χ1n) is 3.95. The molecular formula is C10H9N2O. The maximum Gasteiger partial charge on any atom is 0.128 e. The van der Waals surface area contributed by atoms with Gasteiger partial charge in [0.15, 0.2) is 0 Å². The molecule has 0 aliphatic carbocycles. The molecule has 65 valence electrons. The van der Waals surface area contributed by atoms with E-state index in [0.29, 0.717) is 0 Å². The zero-order valence-corrected chi connectivity index (χ0v) is 7.24. The predicted octanol–water partition coefficient (Wildman–Crippen LogP) is 1.89. The Morgan fingerprint density at radius 2 is 2.38 bits per heavy atom. The number of methoxy groups -OCH3 is 1. The van der Waals surface area contributed by atoms with Crippen LogP contribution < -0.4 is 4.74 Å². The number of rotatable bonds is 2. The lowest BCUT2D eigenvalue weighted by Crippen LogP contribution is -1.87. The van der Waals surface area contributed by atoms with Crippen molar-refractivity contribution in [2.24, 2.45) is 0 Å². The van der Waals surface area contributed by atoms with Crippen LogP contribution in [0, 0.1) is 6.07 Å². The number of hydrogen-bond donors (Lipinski definition) is 1. The van der Waals surface area contributed by atoms with Gasteiger partial charge in [-0.05, 0) is 24.3 Å². The second kappa shape index (κ2) is 3.31. The first kappa shape index (κ1) is 7.86. The minimum absolute atomic E-state index is 0.798. The minimum atomic E-state index is 0.798. The van der Waals surface area contributed by atoms with Crippen LogP contribution in [0.5, 0.6) is 5.75 Å². The number of nitrogens with zero attached hydrogens (tertiary/aromatic N) is 1. The van der Waals surface area contributed by atoms with Gasteiger partial charge in [-0.25, -0.2) is 0 Å². The molecule has 2 aromatic rings. The average molecular weight is 173 g/mol. The van der Waals surface area contributed by atoms with Crippen LogP contribution in [0.25, 0.3) is 11.3 Å². The summed E-state index contributed by atoms with van der Waals surface area (Å²) in [6, 6.07) is 10.4. The van der Waals surface area contributed by atoms with Gasteiger partial charge in [-0.2, -0.15) is 5.10 Å². The molecule has 1 aromatic carbocycles. The largest absolute Gasteiger partial charge is 0.496 e. The highest BCUT2D eigenvalue weighted by atomic mass is 16.5. The third-order valence-electron chi connectivity index (χ3n) is 1.84. The van der Waals surface area contributed by atoms with Crippen LogP contribution >= 0.6 is 0 Å². The summed E-state index contributed by atoms with van der Waals surface area (Å²) in [5.41, 5.74) is 1.95. The highest BCUT2D eigenvalue weighted by molar-refractivity contribution is 5.66. The summed E-state index contributed by atoms with van der Waals surface area (Å²) in [7, 11) is 1.64. The van der Waals surface area contributed by atoms with E-state index in [0.717, 1.165) is 17.0 Å². The summed E-state index contributed by atoms with van der Waals surface area (Å²) in [6.07, 6.45) is 1.71. The normalized spacial score (nSPS) is 9.92. The fourth-order valence-corrected chi connectivity index (χ4v) is 1.21. The van der Waals surface area contributed by atoms with Crippen LogP contribution in [0.4, 0.5) is 0 Å². The molecule has 1 heterocycles. The first-order chi connectivity index (χ1) is 6.42. The molecule has 0 atom stereocenters. The Balaban J connectivity index is 2.51. The number of aromatic amines is 1. The summed E-state index contributed by atoms with van der Waals surface area (Å²) in [5, 5.41) is 6.77. The SMILES string of the molecule is COc1c[c]ccc1-c1ccn[nH]1. The number of hydrogen-bond acceptors (Lipinski definition) is 2. The Kier molecular flexibility index (Phi) is 2.00. The van der Waals surface area contributed by atoms with Gasteiger partial charge in [0.2, 0.25) is 0 Å². The maximum atomic E-state index is 5.19. The van der Waals surface area contributed by atoms with Gasteiger partial charge < -0.3 is 4.74 Å². The van der Waals surface area contributed by atoms with Crippen molar-refractivity contribution >= 4 is 0 Å². The predicted molar refractivity (Wildman–Crippen MR) is 49.4 cm³/mol. The van der Waals surface area contributed by atoms with Crippen molar-refractivity contribution in [3.8, 4) is 17.0 Å². The van der Waals surface area contributed by atoms with Crippen LogP contribution in [0.1, 0.15) is 0 Å². The number of H-pyrrole nitrogens is 1. The van der Waals surface area contributed by atoms with Crippen molar-refractivity contribution in [1.29, 1.82) is 0 Å². The van der Waals surface area contributed by atoms with Crippen molar-refractivity contribution < 1.29 is 4.74 Å². The molecule has 0 aliphatic rings. The van der Waals surface area contributed by atoms with E-state index < -0.39 is 0 Å². The Labute approximate surface area is 76.4 Å². The molecule has 1 N–H and O–H groups in total. The Morgan fingerprint density at radius 3 is 3.08 bits per heavy atom. The topological polar surface area (TPSA) is 37.9 Å². The lowest BCUT2D eigenvalue weighted by atomic mass is 10.1. The van der Waals surface area contributed by atoms with E-state index in [1.165, 1.54) is 0 Å². The summed E-state index contributed by atoms with van der Waals surface area (Å²) < 4.78 is 5.19. The van der Waals surface area contributed by atoms with Gasteiger partial charge in [-0.3, -0.25) is 5.10 Å². The van der Waals surface area contributed by atoms with Crippen molar-refractivity contribution in [2.75, 3.05) is 7.11 Å². The second-order valence-electron chi connectivity index (χ2n) is 2.60.